The zero-order chi connectivity index (χ0) is 11.3. The van der Waals surface area contributed by atoms with Crippen molar-refractivity contribution in [2.24, 2.45) is 5.73 Å². The van der Waals surface area contributed by atoms with Gasteiger partial charge in [0.1, 0.15) is 12.4 Å². The first-order valence-corrected chi connectivity index (χ1v) is 5.74. The monoisotopic (exact) mass is 269 g/mol. The molecule has 0 saturated heterocycles. The molecule has 0 unspecified atom stereocenters. The van der Waals surface area contributed by atoms with Gasteiger partial charge in [0.25, 0.3) is 0 Å². The van der Waals surface area contributed by atoms with Crippen LogP contribution in [0.1, 0.15) is 18.9 Å². The van der Waals surface area contributed by atoms with E-state index < -0.39 is 0 Å². The zero-order valence-electron chi connectivity index (χ0n) is 8.92. The molecular formula is C12H16BrNO. The molecule has 1 aromatic rings. The van der Waals surface area contributed by atoms with Crippen LogP contribution in [0, 0.1) is 0 Å². The number of rotatable bonds is 5. The fourth-order valence-electron chi connectivity index (χ4n) is 1.07. The lowest BCUT2D eigenvalue weighted by molar-refractivity contribution is 0.347. The van der Waals surface area contributed by atoms with E-state index >= 15 is 0 Å². The molecule has 0 aliphatic rings. The van der Waals surface area contributed by atoms with E-state index in [2.05, 4.69) is 29.4 Å². The van der Waals surface area contributed by atoms with Crippen LogP contribution in [0.4, 0.5) is 0 Å². The molecule has 0 aliphatic carbocycles. The summed E-state index contributed by atoms with van der Waals surface area (Å²) in [5, 5.41) is 0. The summed E-state index contributed by atoms with van der Waals surface area (Å²) >= 11 is 3.45. The van der Waals surface area contributed by atoms with Crippen LogP contribution in [0.2, 0.25) is 0 Å². The first-order chi connectivity index (χ1) is 7.17. The van der Waals surface area contributed by atoms with Crippen LogP contribution in [-0.2, 0) is 6.54 Å². The maximum absolute atomic E-state index is 5.60. The molecule has 0 radical (unpaired) electrons. The number of halogens is 1. The van der Waals surface area contributed by atoms with Crippen LogP contribution in [0.15, 0.2) is 34.8 Å². The topological polar surface area (TPSA) is 35.2 Å². The summed E-state index contributed by atoms with van der Waals surface area (Å²) in [7, 11) is 0. The Morgan fingerprint density at radius 1 is 1.53 bits per heavy atom. The highest BCUT2D eigenvalue weighted by Gasteiger charge is 2.02. The highest BCUT2D eigenvalue weighted by molar-refractivity contribution is 9.10. The van der Waals surface area contributed by atoms with E-state index in [-0.39, 0.29) is 0 Å². The number of hydrogen-bond acceptors (Lipinski definition) is 2. The van der Waals surface area contributed by atoms with Crippen LogP contribution in [0.5, 0.6) is 5.75 Å². The molecule has 15 heavy (non-hydrogen) atoms. The van der Waals surface area contributed by atoms with Crippen molar-refractivity contribution in [2.75, 3.05) is 6.61 Å². The number of ether oxygens (including phenoxy) is 1. The van der Waals surface area contributed by atoms with Crippen LogP contribution in [-0.4, -0.2) is 6.61 Å². The summed E-state index contributed by atoms with van der Waals surface area (Å²) in [5.41, 5.74) is 7.71. The molecule has 0 bridgehead atoms. The maximum atomic E-state index is 5.60. The third-order valence-corrected chi connectivity index (χ3v) is 2.78. The van der Waals surface area contributed by atoms with Crippen molar-refractivity contribution in [3.05, 3.63) is 40.4 Å². The normalized spacial score (nSPS) is 10.1. The van der Waals surface area contributed by atoms with Crippen molar-refractivity contribution in [3.8, 4) is 5.75 Å². The molecule has 0 spiro atoms. The van der Waals surface area contributed by atoms with E-state index in [4.69, 9.17) is 10.5 Å². The highest BCUT2D eigenvalue weighted by atomic mass is 79.9. The summed E-state index contributed by atoms with van der Waals surface area (Å²) in [6.45, 7) is 7.07. The lowest BCUT2D eigenvalue weighted by Gasteiger charge is -2.09. The van der Waals surface area contributed by atoms with E-state index in [1.165, 1.54) is 0 Å². The Morgan fingerprint density at radius 2 is 2.27 bits per heavy atom. The van der Waals surface area contributed by atoms with Crippen molar-refractivity contribution in [3.63, 3.8) is 0 Å². The lowest BCUT2D eigenvalue weighted by Crippen LogP contribution is -2.01. The quantitative estimate of drug-likeness (QED) is 0.833. The Labute approximate surface area is 99.3 Å². The van der Waals surface area contributed by atoms with Crippen LogP contribution >= 0.6 is 15.9 Å². The van der Waals surface area contributed by atoms with Gasteiger partial charge in [-0.3, -0.25) is 0 Å². The molecular weight excluding hydrogens is 254 g/mol. The van der Waals surface area contributed by atoms with Gasteiger partial charge in [-0.1, -0.05) is 19.6 Å². The maximum Gasteiger partial charge on any atom is 0.133 e. The Balaban J connectivity index is 2.66. The Bertz CT molecular complexity index is 349. The standard InChI is InChI=1S/C12H16BrNO/c1-3-9(2)8-15-12-5-4-10(7-14)6-11(12)13/h4-6H,2-3,7-8,14H2,1H3. The minimum atomic E-state index is 0.542. The van der Waals surface area contributed by atoms with Gasteiger partial charge in [-0.2, -0.15) is 0 Å². The second kappa shape index (κ2) is 5.93. The number of hydrogen-bond donors (Lipinski definition) is 1. The fourth-order valence-corrected chi connectivity index (χ4v) is 1.61. The molecule has 0 atom stereocenters. The molecule has 0 saturated carbocycles. The molecule has 2 N–H and O–H groups in total. The minimum Gasteiger partial charge on any atom is -0.488 e. The Morgan fingerprint density at radius 3 is 2.80 bits per heavy atom. The van der Waals surface area contributed by atoms with Crippen molar-refractivity contribution in [1.82, 2.24) is 0 Å². The molecule has 2 nitrogen and oxygen atoms in total. The van der Waals surface area contributed by atoms with Crippen LogP contribution in [0.25, 0.3) is 0 Å². The number of benzene rings is 1. The molecule has 0 heterocycles. The summed E-state index contributed by atoms with van der Waals surface area (Å²) in [4.78, 5) is 0. The van der Waals surface area contributed by atoms with Crippen molar-refractivity contribution >= 4 is 15.9 Å². The van der Waals surface area contributed by atoms with Crippen LogP contribution in [0.3, 0.4) is 0 Å². The van der Waals surface area contributed by atoms with Crippen molar-refractivity contribution in [2.45, 2.75) is 19.9 Å². The summed E-state index contributed by atoms with van der Waals surface area (Å²) in [6, 6.07) is 5.87. The second-order valence-corrected chi connectivity index (χ2v) is 4.22. The van der Waals surface area contributed by atoms with Gasteiger partial charge in [0, 0.05) is 6.54 Å². The van der Waals surface area contributed by atoms with E-state index in [9.17, 15) is 0 Å². The van der Waals surface area contributed by atoms with Crippen LogP contribution < -0.4 is 10.5 Å². The van der Waals surface area contributed by atoms with E-state index in [1.807, 2.05) is 18.2 Å². The van der Waals surface area contributed by atoms with E-state index in [0.717, 1.165) is 27.8 Å². The Hall–Kier alpha value is -0.800. The molecule has 0 fully saturated rings. The first-order valence-electron chi connectivity index (χ1n) is 4.95. The highest BCUT2D eigenvalue weighted by Crippen LogP contribution is 2.26. The van der Waals surface area contributed by atoms with Crippen molar-refractivity contribution in [1.29, 1.82) is 0 Å². The molecule has 1 rings (SSSR count). The SMILES string of the molecule is C=C(CC)COc1ccc(CN)cc1Br. The largest absolute Gasteiger partial charge is 0.488 e. The van der Waals surface area contributed by atoms with Gasteiger partial charge < -0.3 is 10.5 Å². The van der Waals surface area contributed by atoms with Gasteiger partial charge in [0.15, 0.2) is 0 Å². The minimum absolute atomic E-state index is 0.542. The lowest BCUT2D eigenvalue weighted by atomic mass is 10.2. The first kappa shape index (κ1) is 12.3. The third kappa shape index (κ3) is 3.68. The molecule has 0 aliphatic heterocycles. The summed E-state index contributed by atoms with van der Waals surface area (Å²) < 4.78 is 6.54. The van der Waals surface area contributed by atoms with Gasteiger partial charge in [-0.15, -0.1) is 0 Å². The average Bonchev–Trinajstić information content (AvgIpc) is 2.26. The smallest absolute Gasteiger partial charge is 0.133 e. The van der Waals surface area contributed by atoms with Gasteiger partial charge in [-0.25, -0.2) is 0 Å². The van der Waals surface area contributed by atoms with Gasteiger partial charge >= 0.3 is 0 Å². The Kier molecular flexibility index (Phi) is 4.85. The molecule has 3 heteroatoms. The molecule has 82 valence electrons. The van der Waals surface area contributed by atoms with Gasteiger partial charge in [-0.05, 0) is 45.6 Å². The van der Waals surface area contributed by atoms with E-state index in [1.54, 1.807) is 0 Å². The van der Waals surface area contributed by atoms with Crippen molar-refractivity contribution < 1.29 is 4.74 Å². The van der Waals surface area contributed by atoms with Gasteiger partial charge in [0.2, 0.25) is 0 Å². The molecule has 0 amide bonds. The molecule has 0 aromatic heterocycles. The predicted octanol–water partition coefficient (Wildman–Crippen LogP) is 3.25. The third-order valence-electron chi connectivity index (χ3n) is 2.16. The molecule has 1 aromatic carbocycles. The fraction of sp³-hybridized carbons (Fsp3) is 0.333. The van der Waals surface area contributed by atoms with E-state index in [0.29, 0.717) is 13.2 Å². The average molecular weight is 270 g/mol. The van der Waals surface area contributed by atoms with Gasteiger partial charge in [0.05, 0.1) is 4.47 Å². The summed E-state index contributed by atoms with van der Waals surface area (Å²) in [6.07, 6.45) is 0.943. The summed E-state index contributed by atoms with van der Waals surface area (Å²) in [5.74, 6) is 0.835. The second-order valence-electron chi connectivity index (χ2n) is 3.36. The zero-order valence-corrected chi connectivity index (χ0v) is 10.5. The number of nitrogens with two attached hydrogens (primary N) is 1. The predicted molar refractivity (Wildman–Crippen MR) is 67.0 cm³/mol.